The maximum Gasteiger partial charge on any atom is 0.319 e. The molecular weight excluding hydrogens is 1640 g/mol. The summed E-state index contributed by atoms with van der Waals surface area (Å²) in [4.78, 5) is 147. The third-order valence-corrected chi connectivity index (χ3v) is 21.4. The van der Waals surface area contributed by atoms with Crippen molar-refractivity contribution in [1.82, 2.24) is 0 Å². The number of carbonyl (C=O) groups excluding carboxylic acids is 10. The largest absolute Gasteiger partial charge is 0.399 e. The Morgan fingerprint density at radius 3 is 0.408 bits per heavy atom. The van der Waals surface area contributed by atoms with Crippen LogP contribution < -0.4 is 64.6 Å². The molecule has 636 valence electrons. The Balaban J connectivity index is 0.448. The summed E-state index contributed by atoms with van der Waals surface area (Å²) in [6, 6.07) is 91.7. The first-order chi connectivity index (χ1) is 63.1. The second-order valence-electron chi connectivity index (χ2n) is 31.2. The van der Waals surface area contributed by atoms with Gasteiger partial charge in [0.15, 0.2) is 29.2 Å². The SMILES string of the molecule is Nc1ccc(Cc2ccc(NC3=CC(=O)C(=O)N=C3Nc3ccc(Cc4ccc(NC5=CC(=O)C(=O)N=C5Nc5ccc(Cc6ccc(NC7=CC(=O)C(=O)N=C7Nc7ccc(Cc8ccc(NC9=CC(=O)C(=O)N=C9Nc9ccc(Cc%10ccc(NC%11=CC(=O)C(=O)N=C%11Nc%11ccc(Cc%12ccc(N)cc%12)cc%11)cc%10)cc9)cc8)cc7)cc6)cc5)cc4)cc3)cc2)cc1. The number of dihydropyridines is 5. The minimum absolute atomic E-state index is 0.155. The van der Waals surface area contributed by atoms with E-state index in [1.54, 1.807) is 0 Å². The number of rotatable bonds is 27. The molecule has 14 N–H and O–H groups in total. The summed E-state index contributed by atoms with van der Waals surface area (Å²) >= 11 is 0. The number of aliphatic imine (C=N–C) groups is 5. The second-order valence-corrected chi connectivity index (χ2v) is 31.2. The van der Waals surface area contributed by atoms with Gasteiger partial charge in [0.1, 0.15) is 0 Å². The summed E-state index contributed by atoms with van der Waals surface area (Å²) in [5, 5.41) is 32.2. The Labute approximate surface area is 744 Å². The van der Waals surface area contributed by atoms with E-state index in [0.717, 1.165) is 73.2 Å². The maximum atomic E-state index is 12.8. The van der Waals surface area contributed by atoms with Crippen molar-refractivity contribution in [3.05, 3.63) is 417 Å². The van der Waals surface area contributed by atoms with Gasteiger partial charge < -0.3 is 64.6 Å². The van der Waals surface area contributed by atoms with E-state index in [4.69, 9.17) is 11.5 Å². The number of amides is 5. The van der Waals surface area contributed by atoms with E-state index in [1.807, 2.05) is 291 Å². The molecule has 0 fully saturated rings. The van der Waals surface area contributed by atoms with E-state index < -0.39 is 58.5 Å². The van der Waals surface area contributed by atoms with Gasteiger partial charge in [0.2, 0.25) is 28.9 Å². The number of nitrogen functional groups attached to an aromatic ring is 2. The van der Waals surface area contributed by atoms with Crippen LogP contribution in [0.2, 0.25) is 0 Å². The molecule has 0 spiro atoms. The van der Waals surface area contributed by atoms with Gasteiger partial charge in [-0.2, -0.15) is 25.0 Å². The molecule has 0 unspecified atom stereocenters. The number of nitrogens with two attached hydrogens (primary N) is 2. The first-order valence-corrected chi connectivity index (χ1v) is 41.3. The fourth-order valence-corrected chi connectivity index (χ4v) is 14.5. The van der Waals surface area contributed by atoms with Crippen LogP contribution in [0, 0.1) is 0 Å². The van der Waals surface area contributed by atoms with Crippen molar-refractivity contribution in [2.75, 3.05) is 64.6 Å². The van der Waals surface area contributed by atoms with Gasteiger partial charge in [-0.05, 0) is 251 Å². The van der Waals surface area contributed by atoms with Crippen molar-refractivity contribution in [2.45, 2.75) is 38.5 Å². The molecule has 0 saturated carbocycles. The van der Waals surface area contributed by atoms with Crippen LogP contribution in [0.5, 0.6) is 0 Å². The third-order valence-electron chi connectivity index (χ3n) is 21.4. The number of benzene rings is 12. The number of nitrogens with one attached hydrogen (secondary N) is 10. The van der Waals surface area contributed by atoms with Crippen LogP contribution >= 0.6 is 0 Å². The Kier molecular flexibility index (Phi) is 24.6. The van der Waals surface area contributed by atoms with Gasteiger partial charge in [-0.3, -0.25) is 47.9 Å². The molecule has 12 aromatic carbocycles. The van der Waals surface area contributed by atoms with E-state index >= 15 is 0 Å². The van der Waals surface area contributed by atoms with E-state index in [9.17, 15) is 47.9 Å². The average molecular weight is 1710 g/mol. The van der Waals surface area contributed by atoms with E-state index in [-0.39, 0.29) is 29.2 Å². The zero-order valence-corrected chi connectivity index (χ0v) is 69.3. The molecule has 5 aliphatic heterocycles. The first kappa shape index (κ1) is 84.2. The summed E-state index contributed by atoms with van der Waals surface area (Å²) in [7, 11) is 0. The lowest BCUT2D eigenvalue weighted by Gasteiger charge is -2.18. The van der Waals surface area contributed by atoms with Crippen LogP contribution in [0.1, 0.15) is 66.8 Å². The van der Waals surface area contributed by atoms with Crippen molar-refractivity contribution in [2.24, 2.45) is 25.0 Å². The first-order valence-electron chi connectivity index (χ1n) is 41.3. The highest BCUT2D eigenvalue weighted by Gasteiger charge is 2.29. The van der Waals surface area contributed by atoms with Crippen LogP contribution in [0.15, 0.2) is 375 Å². The monoisotopic (exact) mass is 1710 g/mol. The number of nitrogens with zero attached hydrogens (tertiary/aromatic N) is 5. The molecule has 130 heavy (non-hydrogen) atoms. The average Bonchev–Trinajstić information content (AvgIpc) is 0.831. The van der Waals surface area contributed by atoms with Crippen molar-refractivity contribution in [3.63, 3.8) is 0 Å². The van der Waals surface area contributed by atoms with Gasteiger partial charge in [0.25, 0.3) is 0 Å². The minimum atomic E-state index is -0.916. The standard InChI is InChI=1S/C103H79N17O10/c104-72-25-1-60(2-26-72)49-62-5-29-74(30-6-62)106-84-55-89(121)100(127)117-95(84)112-80-41-17-68(18-42-80)52-64-9-33-76(34-10-64)108-86-57-91(123)102(129)119-97(86)114-82-45-21-70(22-46-82)54-66-13-37-78(38-14-66)110-88-59-93(125)103(130)120-98(88)115-83-47-23-71(24-48-83)53-65-11-35-77(36-12-65)109-87-58-92(124)101(128)118-96(87)113-81-43-19-69(20-44-81)51-63-7-31-75(32-8-63)107-85-56-90(122)99(126)116-94(85)111-79-39-15-67(16-40-79)50-61-3-27-73(105)28-4-61/h1-48,55-59,106-110H,49-54,104-105H2,(H,111,116,126)(H,112,117,127)(H,113,118,128)(H,114,119,129)(H,115,120,130). The van der Waals surface area contributed by atoms with E-state index in [1.165, 1.54) is 30.4 Å². The van der Waals surface area contributed by atoms with Crippen LogP contribution in [0.25, 0.3) is 0 Å². The molecule has 27 heteroatoms. The van der Waals surface area contributed by atoms with Crippen molar-refractivity contribution < 1.29 is 47.9 Å². The number of hydrogen-bond acceptors (Lipinski definition) is 22. The van der Waals surface area contributed by atoms with Gasteiger partial charge in [-0.15, -0.1) is 0 Å². The van der Waals surface area contributed by atoms with Crippen molar-refractivity contribution >= 4 is 156 Å². The molecule has 0 aromatic heterocycles. The lowest BCUT2D eigenvalue weighted by molar-refractivity contribution is -0.133. The number of anilines is 12. The maximum absolute atomic E-state index is 12.8. The molecule has 5 heterocycles. The highest BCUT2D eigenvalue weighted by Crippen LogP contribution is 2.29. The van der Waals surface area contributed by atoms with E-state index in [0.29, 0.717) is 129 Å². The van der Waals surface area contributed by atoms with Crippen LogP contribution in [-0.2, 0) is 86.5 Å². The second kappa shape index (κ2) is 38.0. The molecule has 0 aliphatic carbocycles. The minimum Gasteiger partial charge on any atom is -0.399 e. The van der Waals surface area contributed by atoms with Gasteiger partial charge >= 0.3 is 29.5 Å². The molecular formula is C103H79N17O10. The number of amidine groups is 5. The highest BCUT2D eigenvalue weighted by atomic mass is 16.2. The third kappa shape index (κ3) is 21.6. The highest BCUT2D eigenvalue weighted by molar-refractivity contribution is 6.49. The molecule has 0 atom stereocenters. The van der Waals surface area contributed by atoms with Crippen molar-refractivity contribution in [1.29, 1.82) is 0 Å². The van der Waals surface area contributed by atoms with Crippen molar-refractivity contribution in [3.8, 4) is 0 Å². The molecule has 17 rings (SSSR count). The van der Waals surface area contributed by atoms with Crippen LogP contribution in [0.4, 0.5) is 68.2 Å². The number of hydrogen-bond donors (Lipinski definition) is 12. The molecule has 12 aromatic rings. The molecule has 0 bridgehead atoms. The van der Waals surface area contributed by atoms with Gasteiger partial charge in [-0.25, -0.2) is 0 Å². The Morgan fingerprint density at radius 2 is 0.277 bits per heavy atom. The number of ketones is 5. The Bertz CT molecular complexity index is 6420. The summed E-state index contributed by atoms with van der Waals surface area (Å²) in [6.07, 6.45) is 9.81. The van der Waals surface area contributed by atoms with Gasteiger partial charge in [-0.1, -0.05) is 146 Å². The molecule has 5 amide bonds. The fourth-order valence-electron chi connectivity index (χ4n) is 14.5. The summed E-state index contributed by atoms with van der Waals surface area (Å²) in [5.74, 6) is -7.38. The quantitative estimate of drug-likeness (QED) is 0.0168. The zero-order valence-electron chi connectivity index (χ0n) is 69.3. The lowest BCUT2D eigenvalue weighted by Crippen LogP contribution is -2.29. The predicted octanol–water partition coefficient (Wildman–Crippen LogP) is 15.0. The Morgan fingerprint density at radius 1 is 0.162 bits per heavy atom. The summed E-state index contributed by atoms with van der Waals surface area (Å²) in [5.41, 5.74) is 33.4. The van der Waals surface area contributed by atoms with Crippen LogP contribution in [-0.4, -0.2) is 87.6 Å². The topological polar surface area (TPSA) is 405 Å². The lowest BCUT2D eigenvalue weighted by atomic mass is 10.0. The normalized spacial score (nSPS) is 14.4. The molecule has 27 nitrogen and oxygen atoms in total. The fraction of sp³-hybridized carbons (Fsp3) is 0.0583. The van der Waals surface area contributed by atoms with Crippen LogP contribution in [0.3, 0.4) is 0 Å². The molecule has 0 saturated heterocycles. The Hall–Kier alpha value is -18.0. The molecule has 0 radical (unpaired) electrons. The summed E-state index contributed by atoms with van der Waals surface area (Å²) < 4.78 is 0. The zero-order chi connectivity index (χ0) is 89.7. The number of carbonyl (C=O) groups is 10. The molecule has 5 aliphatic rings. The predicted molar refractivity (Wildman–Crippen MR) is 507 cm³/mol. The summed E-state index contributed by atoms with van der Waals surface area (Å²) in [6.45, 7) is 0. The van der Waals surface area contributed by atoms with Gasteiger partial charge in [0, 0.05) is 98.6 Å². The smallest absolute Gasteiger partial charge is 0.319 e. The van der Waals surface area contributed by atoms with E-state index in [2.05, 4.69) is 78.1 Å². The van der Waals surface area contributed by atoms with Gasteiger partial charge in [0.05, 0.1) is 28.5 Å².